The molecule has 26 heavy (non-hydrogen) atoms. The van der Waals surface area contributed by atoms with Gasteiger partial charge in [0, 0.05) is 17.0 Å². The van der Waals surface area contributed by atoms with Crippen molar-refractivity contribution in [1.29, 1.82) is 0 Å². The van der Waals surface area contributed by atoms with E-state index in [1.165, 1.54) is 35.6 Å². The molecule has 0 bridgehead atoms. The van der Waals surface area contributed by atoms with Crippen molar-refractivity contribution in [3.8, 4) is 0 Å². The summed E-state index contributed by atoms with van der Waals surface area (Å²) in [4.78, 5) is 46.4. The number of thioether (sulfide) groups is 1. The number of imide groups is 1. The van der Waals surface area contributed by atoms with Crippen LogP contribution in [0.1, 0.15) is 16.6 Å². The summed E-state index contributed by atoms with van der Waals surface area (Å²) in [5.41, 5.74) is -0.0448. The number of rotatable bonds is 7. The summed E-state index contributed by atoms with van der Waals surface area (Å²) in [7, 11) is 0. The van der Waals surface area contributed by atoms with Gasteiger partial charge < -0.3 is 4.74 Å². The maximum absolute atomic E-state index is 11.9. The number of nitro groups is 1. The van der Waals surface area contributed by atoms with E-state index < -0.39 is 34.6 Å². The number of carbonyl (C=O) groups is 3. The first-order valence-corrected chi connectivity index (χ1v) is 9.08. The molecule has 1 atom stereocenters. The maximum Gasteiger partial charge on any atom is 0.319 e. The van der Waals surface area contributed by atoms with Gasteiger partial charge in [0.05, 0.1) is 9.80 Å². The van der Waals surface area contributed by atoms with E-state index in [4.69, 9.17) is 4.74 Å². The van der Waals surface area contributed by atoms with Crippen molar-refractivity contribution in [1.82, 2.24) is 5.32 Å². The van der Waals surface area contributed by atoms with Crippen LogP contribution in [0.5, 0.6) is 0 Å². The zero-order chi connectivity index (χ0) is 19.1. The van der Waals surface area contributed by atoms with Crippen LogP contribution in [-0.4, -0.2) is 34.6 Å². The number of hydrogen-bond acceptors (Lipinski definition) is 8. The number of ether oxygens (including phenoxy) is 1. The van der Waals surface area contributed by atoms with E-state index in [1.807, 2.05) is 0 Å². The third-order valence-electron chi connectivity index (χ3n) is 3.04. The summed E-state index contributed by atoms with van der Waals surface area (Å²) >= 11 is 2.33. The molecule has 0 saturated heterocycles. The minimum atomic E-state index is -0.718. The highest BCUT2D eigenvalue weighted by atomic mass is 32.2. The maximum atomic E-state index is 11.9. The third kappa shape index (κ3) is 5.67. The van der Waals surface area contributed by atoms with Crippen LogP contribution in [0.15, 0.2) is 46.7 Å². The number of hydrogen-bond donors (Lipinski definition) is 1. The van der Waals surface area contributed by atoms with E-state index >= 15 is 0 Å². The van der Waals surface area contributed by atoms with Gasteiger partial charge in [-0.3, -0.25) is 29.8 Å². The molecule has 8 nitrogen and oxygen atoms in total. The lowest BCUT2D eigenvalue weighted by molar-refractivity contribution is -0.384. The Kier molecular flexibility index (Phi) is 6.87. The third-order valence-corrected chi connectivity index (χ3v) is 4.99. The molecule has 1 aromatic heterocycles. The van der Waals surface area contributed by atoms with Crippen LogP contribution in [0.2, 0.25) is 0 Å². The Bertz CT molecular complexity index is 805. The van der Waals surface area contributed by atoms with Crippen molar-refractivity contribution in [3.63, 3.8) is 0 Å². The molecule has 2 rings (SSSR count). The molecule has 1 N–H and O–H groups in total. The van der Waals surface area contributed by atoms with Crippen molar-refractivity contribution in [2.45, 2.75) is 17.1 Å². The van der Waals surface area contributed by atoms with E-state index in [9.17, 15) is 24.5 Å². The van der Waals surface area contributed by atoms with Gasteiger partial charge in [-0.15, -0.1) is 23.1 Å². The second kappa shape index (κ2) is 9.11. The number of non-ortho nitro benzene ring substituents is 1. The molecule has 0 unspecified atom stereocenters. The number of esters is 1. The Morgan fingerprint density at radius 3 is 2.54 bits per heavy atom. The zero-order valence-corrected chi connectivity index (χ0v) is 15.2. The first-order valence-electron chi connectivity index (χ1n) is 7.32. The summed E-state index contributed by atoms with van der Waals surface area (Å²) in [6, 6.07) is 8.98. The fraction of sp³-hybridized carbons (Fsp3) is 0.188. The highest BCUT2D eigenvalue weighted by Gasteiger charge is 2.19. The molecule has 1 aromatic carbocycles. The second-order valence-electron chi connectivity index (χ2n) is 4.97. The Balaban J connectivity index is 1.78. The number of nitrogens with one attached hydrogen (secondary N) is 1. The SMILES string of the molecule is C[C@@H](Sc1ccc([N+](=O)[O-])cc1)C(=O)OCC(=O)NC(=O)c1cccs1. The van der Waals surface area contributed by atoms with Gasteiger partial charge in [-0.25, -0.2) is 0 Å². The molecular formula is C16H14N2O6S2. The van der Waals surface area contributed by atoms with Crippen molar-refractivity contribution in [2.24, 2.45) is 0 Å². The fourth-order valence-electron chi connectivity index (χ4n) is 1.78. The predicted molar refractivity (Wildman–Crippen MR) is 96.2 cm³/mol. The molecule has 0 saturated carbocycles. The Morgan fingerprint density at radius 1 is 1.27 bits per heavy atom. The second-order valence-corrected chi connectivity index (χ2v) is 7.34. The number of nitrogens with zero attached hydrogens (tertiary/aromatic N) is 1. The number of carbonyl (C=O) groups excluding carboxylic acids is 3. The molecule has 0 fully saturated rings. The molecule has 2 amide bonds. The lowest BCUT2D eigenvalue weighted by atomic mass is 10.3. The standard InChI is InChI=1S/C16H14N2O6S2/c1-10(26-12-6-4-11(5-7-12)18(22)23)16(21)24-9-14(19)17-15(20)13-3-2-8-25-13/h2-8,10H,9H2,1H3,(H,17,19,20)/t10-/m1/s1. The van der Waals surface area contributed by atoms with Crippen molar-refractivity contribution in [3.05, 3.63) is 56.8 Å². The van der Waals surface area contributed by atoms with Gasteiger partial charge in [-0.05, 0) is 30.5 Å². The van der Waals surface area contributed by atoms with Crippen LogP contribution >= 0.6 is 23.1 Å². The number of amides is 2. The van der Waals surface area contributed by atoms with Gasteiger partial charge in [0.15, 0.2) is 6.61 Å². The van der Waals surface area contributed by atoms with E-state index in [-0.39, 0.29) is 5.69 Å². The molecular weight excluding hydrogens is 380 g/mol. The molecule has 0 radical (unpaired) electrons. The molecule has 136 valence electrons. The lowest BCUT2D eigenvalue weighted by Gasteiger charge is -2.11. The summed E-state index contributed by atoms with van der Waals surface area (Å²) in [6.07, 6.45) is 0. The molecule has 2 aromatic rings. The Morgan fingerprint density at radius 2 is 1.96 bits per heavy atom. The topological polar surface area (TPSA) is 116 Å². The van der Waals surface area contributed by atoms with E-state index in [1.54, 1.807) is 24.4 Å². The highest BCUT2D eigenvalue weighted by molar-refractivity contribution is 8.00. The van der Waals surface area contributed by atoms with Crippen LogP contribution in [0.25, 0.3) is 0 Å². The van der Waals surface area contributed by atoms with E-state index in [2.05, 4.69) is 5.32 Å². The van der Waals surface area contributed by atoms with Crippen molar-refractivity contribution in [2.75, 3.05) is 6.61 Å². The summed E-state index contributed by atoms with van der Waals surface area (Å²) in [5.74, 6) is -1.90. The quantitative estimate of drug-likeness (QED) is 0.332. The van der Waals surface area contributed by atoms with Gasteiger partial charge >= 0.3 is 5.97 Å². The van der Waals surface area contributed by atoms with Crippen LogP contribution in [0.3, 0.4) is 0 Å². The minimum Gasteiger partial charge on any atom is -0.455 e. The van der Waals surface area contributed by atoms with Crippen LogP contribution in [0.4, 0.5) is 5.69 Å². The van der Waals surface area contributed by atoms with Gasteiger partial charge in [0.25, 0.3) is 17.5 Å². The summed E-state index contributed by atoms with van der Waals surface area (Å²) in [5, 5.41) is 13.8. The molecule has 10 heteroatoms. The fourth-order valence-corrected chi connectivity index (χ4v) is 3.27. The average Bonchev–Trinajstić information content (AvgIpc) is 3.14. The minimum absolute atomic E-state index is 0.0448. The average molecular weight is 394 g/mol. The first-order chi connectivity index (χ1) is 12.4. The summed E-state index contributed by atoms with van der Waals surface area (Å²) in [6.45, 7) is 1.02. The molecule has 0 spiro atoms. The van der Waals surface area contributed by atoms with E-state index in [0.717, 1.165) is 11.8 Å². The lowest BCUT2D eigenvalue weighted by Crippen LogP contribution is -2.34. The normalized spacial score (nSPS) is 11.4. The summed E-state index contributed by atoms with van der Waals surface area (Å²) < 4.78 is 4.89. The molecule has 0 aliphatic heterocycles. The number of benzene rings is 1. The largest absolute Gasteiger partial charge is 0.455 e. The zero-order valence-electron chi connectivity index (χ0n) is 13.5. The smallest absolute Gasteiger partial charge is 0.319 e. The number of nitro benzene ring substituents is 1. The van der Waals surface area contributed by atoms with Crippen LogP contribution in [0, 0.1) is 10.1 Å². The van der Waals surface area contributed by atoms with Gasteiger partial charge in [0.2, 0.25) is 0 Å². The molecule has 0 aliphatic rings. The first kappa shape index (κ1) is 19.6. The highest BCUT2D eigenvalue weighted by Crippen LogP contribution is 2.25. The van der Waals surface area contributed by atoms with Crippen LogP contribution in [-0.2, 0) is 14.3 Å². The van der Waals surface area contributed by atoms with Crippen LogP contribution < -0.4 is 5.32 Å². The van der Waals surface area contributed by atoms with Crippen molar-refractivity contribution < 1.29 is 24.0 Å². The molecule has 1 heterocycles. The number of thiophene rings is 1. The monoisotopic (exact) mass is 394 g/mol. The van der Waals surface area contributed by atoms with Gasteiger partial charge in [-0.1, -0.05) is 6.07 Å². The van der Waals surface area contributed by atoms with Crippen molar-refractivity contribution >= 4 is 46.6 Å². The Labute approximate surface area is 156 Å². The predicted octanol–water partition coefficient (Wildman–Crippen LogP) is 2.64. The van der Waals surface area contributed by atoms with E-state index in [0.29, 0.717) is 9.77 Å². The molecule has 0 aliphatic carbocycles. The van der Waals surface area contributed by atoms with Gasteiger partial charge in [-0.2, -0.15) is 0 Å². The van der Waals surface area contributed by atoms with Gasteiger partial charge in [0.1, 0.15) is 5.25 Å². The Hall–Kier alpha value is -2.72.